The molecule has 0 saturated heterocycles. The number of carbonyl (C=O) groups is 1. The summed E-state index contributed by atoms with van der Waals surface area (Å²) in [7, 11) is -3.63. The molecule has 8 heteroatoms. The molecule has 1 unspecified atom stereocenters. The number of nitrogens with one attached hydrogen (secondary N) is 3. The summed E-state index contributed by atoms with van der Waals surface area (Å²) in [5.41, 5.74) is 1.31. The third-order valence-electron chi connectivity index (χ3n) is 3.55. The van der Waals surface area contributed by atoms with Crippen LogP contribution in [-0.2, 0) is 26.0 Å². The van der Waals surface area contributed by atoms with Crippen molar-refractivity contribution in [2.45, 2.75) is 44.9 Å². The molecule has 1 aromatic heterocycles. The van der Waals surface area contributed by atoms with Gasteiger partial charge in [0.15, 0.2) is 0 Å². The summed E-state index contributed by atoms with van der Waals surface area (Å²) in [6.07, 6.45) is 0. The molecule has 0 aliphatic carbocycles. The Labute approximate surface area is 148 Å². The van der Waals surface area contributed by atoms with E-state index in [0.717, 1.165) is 5.69 Å². The Hall–Kier alpha value is -2.19. The fourth-order valence-corrected chi connectivity index (χ4v) is 3.53. The third-order valence-corrected chi connectivity index (χ3v) is 4.98. The van der Waals surface area contributed by atoms with Crippen LogP contribution in [0.4, 0.5) is 5.82 Å². The molecule has 0 aliphatic heterocycles. The second-order valence-corrected chi connectivity index (χ2v) is 8.74. The fraction of sp³-hybridized carbons (Fsp3) is 0.412. The van der Waals surface area contributed by atoms with Crippen LogP contribution in [0.25, 0.3) is 0 Å². The molecule has 1 amide bonds. The van der Waals surface area contributed by atoms with Gasteiger partial charge in [-0.1, -0.05) is 51.1 Å². The minimum Gasteiger partial charge on any atom is -0.310 e. The Morgan fingerprint density at radius 2 is 1.88 bits per heavy atom. The zero-order valence-corrected chi connectivity index (χ0v) is 15.6. The van der Waals surface area contributed by atoms with Crippen LogP contribution in [0.5, 0.6) is 0 Å². The van der Waals surface area contributed by atoms with Crippen molar-refractivity contribution < 1.29 is 13.2 Å². The molecule has 2 rings (SSSR count). The smallest absolute Gasteiger partial charge is 0.243 e. The lowest BCUT2D eigenvalue weighted by Crippen LogP contribution is -2.42. The highest BCUT2D eigenvalue weighted by atomic mass is 32.2. The van der Waals surface area contributed by atoms with Gasteiger partial charge >= 0.3 is 0 Å². The standard InChI is InChI=1S/C17H24N4O3S/c1-12(21-25(23,24)11-13-8-6-5-7-9-13)16(22)18-15-10-14(19-20-15)17(2,3)4/h5-10,12,21H,11H2,1-4H3,(H2,18,19,20,22). The first-order valence-corrected chi connectivity index (χ1v) is 9.63. The third kappa shape index (κ3) is 5.68. The molecular weight excluding hydrogens is 340 g/mol. The van der Waals surface area contributed by atoms with E-state index in [1.807, 2.05) is 26.8 Å². The van der Waals surface area contributed by atoms with Gasteiger partial charge in [0.25, 0.3) is 0 Å². The Kier molecular flexibility index (Phi) is 5.64. The van der Waals surface area contributed by atoms with Gasteiger partial charge < -0.3 is 5.32 Å². The van der Waals surface area contributed by atoms with Crippen LogP contribution in [0, 0.1) is 0 Å². The van der Waals surface area contributed by atoms with Gasteiger partial charge in [0, 0.05) is 11.5 Å². The maximum Gasteiger partial charge on any atom is 0.243 e. The summed E-state index contributed by atoms with van der Waals surface area (Å²) in [5, 5.41) is 9.53. The highest BCUT2D eigenvalue weighted by molar-refractivity contribution is 7.88. The quantitative estimate of drug-likeness (QED) is 0.730. The number of aromatic nitrogens is 2. The average Bonchev–Trinajstić information content (AvgIpc) is 2.95. The molecule has 1 atom stereocenters. The minimum absolute atomic E-state index is 0.150. The van der Waals surface area contributed by atoms with Gasteiger partial charge in [-0.3, -0.25) is 9.89 Å². The highest BCUT2D eigenvalue weighted by Crippen LogP contribution is 2.21. The number of nitrogens with zero attached hydrogens (tertiary/aromatic N) is 1. The van der Waals surface area contributed by atoms with Crippen molar-refractivity contribution in [3.63, 3.8) is 0 Å². The maximum absolute atomic E-state index is 12.2. The maximum atomic E-state index is 12.2. The van der Waals surface area contributed by atoms with E-state index in [9.17, 15) is 13.2 Å². The molecule has 3 N–H and O–H groups in total. The molecule has 25 heavy (non-hydrogen) atoms. The Morgan fingerprint density at radius 3 is 2.44 bits per heavy atom. The molecule has 1 aromatic carbocycles. The SMILES string of the molecule is CC(NS(=O)(=O)Cc1ccccc1)C(=O)Nc1cc(C(C)(C)C)n[nH]1. The number of benzene rings is 1. The second kappa shape index (κ2) is 7.37. The van der Waals surface area contributed by atoms with E-state index in [2.05, 4.69) is 20.2 Å². The van der Waals surface area contributed by atoms with Gasteiger partial charge in [0.2, 0.25) is 15.9 Å². The van der Waals surface area contributed by atoms with Crippen molar-refractivity contribution in [1.29, 1.82) is 0 Å². The summed E-state index contributed by atoms with van der Waals surface area (Å²) < 4.78 is 26.8. The largest absolute Gasteiger partial charge is 0.310 e. The summed E-state index contributed by atoms with van der Waals surface area (Å²) >= 11 is 0. The van der Waals surface area contributed by atoms with E-state index in [0.29, 0.717) is 11.4 Å². The van der Waals surface area contributed by atoms with Crippen molar-refractivity contribution in [3.05, 3.63) is 47.7 Å². The van der Waals surface area contributed by atoms with Crippen molar-refractivity contribution in [2.75, 3.05) is 5.32 Å². The normalized spacial score (nSPS) is 13.4. The molecule has 0 aliphatic rings. The molecular formula is C17H24N4O3S. The lowest BCUT2D eigenvalue weighted by Gasteiger charge is -2.14. The number of anilines is 1. The van der Waals surface area contributed by atoms with Gasteiger partial charge in [-0.25, -0.2) is 13.1 Å². The lowest BCUT2D eigenvalue weighted by atomic mass is 9.92. The number of hydrogen-bond acceptors (Lipinski definition) is 4. The van der Waals surface area contributed by atoms with E-state index in [-0.39, 0.29) is 11.2 Å². The average molecular weight is 364 g/mol. The Morgan fingerprint density at radius 1 is 1.24 bits per heavy atom. The number of H-pyrrole nitrogens is 1. The summed E-state index contributed by atoms with van der Waals surface area (Å²) in [4.78, 5) is 12.2. The Bertz CT molecular complexity index is 823. The number of hydrogen-bond donors (Lipinski definition) is 3. The zero-order chi connectivity index (χ0) is 18.7. The van der Waals surface area contributed by atoms with Crippen LogP contribution in [-0.4, -0.2) is 30.6 Å². The summed E-state index contributed by atoms with van der Waals surface area (Å²) in [6.45, 7) is 7.53. The fourth-order valence-electron chi connectivity index (χ4n) is 2.17. The number of sulfonamides is 1. The van der Waals surface area contributed by atoms with Crippen molar-refractivity contribution in [2.24, 2.45) is 0 Å². The first-order valence-electron chi connectivity index (χ1n) is 7.97. The van der Waals surface area contributed by atoms with Gasteiger partial charge in [0.1, 0.15) is 5.82 Å². The summed E-state index contributed by atoms with van der Waals surface area (Å²) in [5.74, 6) is -0.200. The molecule has 7 nitrogen and oxygen atoms in total. The lowest BCUT2D eigenvalue weighted by molar-refractivity contribution is -0.117. The van der Waals surface area contributed by atoms with E-state index < -0.39 is 22.0 Å². The number of amides is 1. The van der Waals surface area contributed by atoms with E-state index >= 15 is 0 Å². The molecule has 0 fully saturated rings. The van der Waals surface area contributed by atoms with Crippen LogP contribution >= 0.6 is 0 Å². The second-order valence-electron chi connectivity index (χ2n) is 6.99. The van der Waals surface area contributed by atoms with Crippen LogP contribution < -0.4 is 10.0 Å². The van der Waals surface area contributed by atoms with E-state index in [4.69, 9.17) is 0 Å². The molecule has 0 radical (unpaired) electrons. The summed E-state index contributed by atoms with van der Waals surface area (Å²) in [6, 6.07) is 9.64. The molecule has 0 bridgehead atoms. The van der Waals surface area contributed by atoms with E-state index in [1.165, 1.54) is 6.92 Å². The number of rotatable bonds is 6. The van der Waals surface area contributed by atoms with Crippen molar-refractivity contribution >= 4 is 21.7 Å². The van der Waals surface area contributed by atoms with E-state index in [1.54, 1.807) is 30.3 Å². The molecule has 136 valence electrons. The monoisotopic (exact) mass is 364 g/mol. The first kappa shape index (κ1) is 19.1. The molecule has 1 heterocycles. The topological polar surface area (TPSA) is 104 Å². The Balaban J connectivity index is 1.96. The van der Waals surface area contributed by atoms with Crippen LogP contribution in [0.2, 0.25) is 0 Å². The first-order chi connectivity index (χ1) is 11.6. The van der Waals surface area contributed by atoms with Gasteiger partial charge in [0.05, 0.1) is 17.5 Å². The van der Waals surface area contributed by atoms with Crippen LogP contribution in [0.15, 0.2) is 36.4 Å². The zero-order valence-electron chi connectivity index (χ0n) is 14.8. The molecule has 0 spiro atoms. The predicted octanol–water partition coefficient (Wildman–Crippen LogP) is 2.15. The van der Waals surface area contributed by atoms with Gasteiger partial charge in [-0.2, -0.15) is 5.10 Å². The van der Waals surface area contributed by atoms with Gasteiger partial charge in [-0.15, -0.1) is 0 Å². The van der Waals surface area contributed by atoms with Gasteiger partial charge in [-0.05, 0) is 12.5 Å². The van der Waals surface area contributed by atoms with Crippen molar-refractivity contribution in [3.8, 4) is 0 Å². The highest BCUT2D eigenvalue weighted by Gasteiger charge is 2.22. The predicted molar refractivity (Wildman–Crippen MR) is 97.6 cm³/mol. The molecule has 0 saturated carbocycles. The number of carbonyl (C=O) groups excluding carboxylic acids is 1. The molecule has 2 aromatic rings. The number of aromatic amines is 1. The van der Waals surface area contributed by atoms with Crippen LogP contribution in [0.1, 0.15) is 39.0 Å². The minimum atomic E-state index is -3.63. The van der Waals surface area contributed by atoms with Crippen molar-refractivity contribution in [1.82, 2.24) is 14.9 Å². The van der Waals surface area contributed by atoms with Crippen LogP contribution in [0.3, 0.4) is 0 Å².